The Bertz CT molecular complexity index is 341. The maximum atomic E-state index is 5.65. The van der Waals surface area contributed by atoms with Gasteiger partial charge in [-0.05, 0) is 25.2 Å². The van der Waals surface area contributed by atoms with Gasteiger partial charge < -0.3 is 19.7 Å². The summed E-state index contributed by atoms with van der Waals surface area (Å²) in [4.78, 5) is 6.84. The first-order chi connectivity index (χ1) is 10.3. The zero-order valence-corrected chi connectivity index (χ0v) is 16.5. The first-order valence-electron chi connectivity index (χ1n) is 8.33. The summed E-state index contributed by atoms with van der Waals surface area (Å²) in [6.07, 6.45) is 5.12. The fraction of sp³-hybridized carbons (Fsp3) is 0.938. The number of hydrogen-bond acceptors (Lipinski definition) is 3. The molecule has 1 N–H and O–H groups in total. The molecule has 2 fully saturated rings. The minimum absolute atomic E-state index is 0. The highest BCUT2D eigenvalue weighted by atomic mass is 127. The van der Waals surface area contributed by atoms with Gasteiger partial charge >= 0.3 is 0 Å². The van der Waals surface area contributed by atoms with E-state index in [-0.39, 0.29) is 24.0 Å². The van der Waals surface area contributed by atoms with Crippen LogP contribution in [0.2, 0.25) is 0 Å². The van der Waals surface area contributed by atoms with E-state index in [1.807, 2.05) is 7.05 Å². The molecule has 3 atom stereocenters. The van der Waals surface area contributed by atoms with Crippen molar-refractivity contribution < 1.29 is 9.47 Å². The molecule has 0 bridgehead atoms. The Morgan fingerprint density at radius 1 is 1.36 bits per heavy atom. The summed E-state index contributed by atoms with van der Waals surface area (Å²) in [6, 6.07) is 0.653. The number of aliphatic imine (C=N–C) groups is 1. The van der Waals surface area contributed by atoms with E-state index in [4.69, 9.17) is 9.47 Å². The molecule has 1 saturated carbocycles. The van der Waals surface area contributed by atoms with Gasteiger partial charge in [0.1, 0.15) is 0 Å². The molecule has 1 heterocycles. The van der Waals surface area contributed by atoms with Crippen LogP contribution in [0.4, 0.5) is 0 Å². The number of rotatable bonds is 8. The number of nitrogens with one attached hydrogen (secondary N) is 1. The highest BCUT2D eigenvalue weighted by Gasteiger charge is 2.38. The van der Waals surface area contributed by atoms with Gasteiger partial charge in [-0.15, -0.1) is 24.0 Å². The zero-order valence-electron chi connectivity index (χ0n) is 14.2. The Labute approximate surface area is 152 Å². The van der Waals surface area contributed by atoms with Crippen molar-refractivity contribution in [2.75, 3.05) is 47.1 Å². The van der Waals surface area contributed by atoms with Gasteiger partial charge in [0.2, 0.25) is 0 Å². The van der Waals surface area contributed by atoms with Crippen LogP contribution in [0.5, 0.6) is 0 Å². The predicted octanol–water partition coefficient (Wildman–Crippen LogP) is 2.35. The Kier molecular flexibility index (Phi) is 9.66. The Hall–Kier alpha value is -0.0800. The quantitative estimate of drug-likeness (QED) is 0.281. The summed E-state index contributed by atoms with van der Waals surface area (Å²) in [5, 5.41) is 3.63. The molecule has 1 aliphatic heterocycles. The number of methoxy groups -OCH3 is 1. The minimum Gasteiger partial charge on any atom is -0.382 e. The lowest BCUT2D eigenvalue weighted by molar-refractivity contribution is 0.0536. The summed E-state index contributed by atoms with van der Waals surface area (Å²) >= 11 is 0. The van der Waals surface area contributed by atoms with Crippen molar-refractivity contribution in [1.82, 2.24) is 10.2 Å². The lowest BCUT2D eigenvalue weighted by Gasteiger charge is -2.22. The summed E-state index contributed by atoms with van der Waals surface area (Å²) in [5.41, 5.74) is 0. The van der Waals surface area contributed by atoms with Gasteiger partial charge in [-0.1, -0.05) is 13.3 Å². The number of hydrogen-bond donors (Lipinski definition) is 1. The van der Waals surface area contributed by atoms with Crippen molar-refractivity contribution in [3.05, 3.63) is 0 Å². The molecule has 3 unspecified atom stereocenters. The van der Waals surface area contributed by atoms with Crippen LogP contribution in [0.1, 0.15) is 32.6 Å². The fourth-order valence-electron chi connectivity index (χ4n) is 3.13. The van der Waals surface area contributed by atoms with E-state index in [0.717, 1.165) is 31.6 Å². The Balaban J connectivity index is 0.00000242. The molecule has 0 aromatic rings. The van der Waals surface area contributed by atoms with Crippen molar-refractivity contribution in [2.45, 2.75) is 38.6 Å². The number of halogens is 1. The van der Waals surface area contributed by atoms with E-state index in [1.54, 1.807) is 7.11 Å². The lowest BCUT2D eigenvalue weighted by atomic mass is 10.1. The largest absolute Gasteiger partial charge is 0.382 e. The molecule has 0 spiro atoms. The maximum Gasteiger partial charge on any atom is 0.193 e. The molecular weight excluding hydrogens is 393 g/mol. The molecule has 2 aliphatic rings. The zero-order chi connectivity index (χ0) is 15.1. The van der Waals surface area contributed by atoms with Crippen LogP contribution in [-0.2, 0) is 9.47 Å². The van der Waals surface area contributed by atoms with Gasteiger partial charge in [0, 0.05) is 39.2 Å². The fourth-order valence-corrected chi connectivity index (χ4v) is 3.13. The monoisotopic (exact) mass is 425 g/mol. The number of ether oxygens (including phenoxy) is 2. The number of likely N-dealkylation sites (tertiary alicyclic amines) is 1. The molecule has 22 heavy (non-hydrogen) atoms. The summed E-state index contributed by atoms with van der Waals surface area (Å²) < 4.78 is 10.6. The van der Waals surface area contributed by atoms with Crippen molar-refractivity contribution >= 4 is 29.9 Å². The number of guanidine groups is 1. The van der Waals surface area contributed by atoms with Gasteiger partial charge in [0.05, 0.1) is 19.8 Å². The summed E-state index contributed by atoms with van der Waals surface area (Å²) in [5.74, 6) is 2.56. The standard InChI is InChI=1S/C16H31N3O2.HI/c1-4-5-14-10-15(14)18-16(17-2)19-7-6-13(11-19)12-21-9-8-20-3;/h13-15H,4-12H2,1-3H3,(H,17,18);1H. The normalized spacial score (nSPS) is 27.7. The first kappa shape index (κ1) is 20.0. The van der Waals surface area contributed by atoms with E-state index in [9.17, 15) is 0 Å². The molecule has 0 radical (unpaired) electrons. The van der Waals surface area contributed by atoms with Gasteiger partial charge in [-0.3, -0.25) is 4.99 Å². The molecule has 0 amide bonds. The van der Waals surface area contributed by atoms with Crippen LogP contribution in [0, 0.1) is 11.8 Å². The molecule has 1 aliphatic carbocycles. The van der Waals surface area contributed by atoms with Crippen molar-refractivity contribution in [1.29, 1.82) is 0 Å². The highest BCUT2D eigenvalue weighted by Crippen LogP contribution is 2.34. The van der Waals surface area contributed by atoms with E-state index in [2.05, 4.69) is 22.1 Å². The third kappa shape index (κ3) is 6.20. The van der Waals surface area contributed by atoms with Gasteiger partial charge in [0.25, 0.3) is 0 Å². The number of nitrogens with zero attached hydrogens (tertiary/aromatic N) is 2. The van der Waals surface area contributed by atoms with Crippen LogP contribution in [0.3, 0.4) is 0 Å². The second-order valence-electron chi connectivity index (χ2n) is 6.25. The smallest absolute Gasteiger partial charge is 0.193 e. The molecule has 130 valence electrons. The van der Waals surface area contributed by atoms with Gasteiger partial charge in [-0.25, -0.2) is 0 Å². The highest BCUT2D eigenvalue weighted by molar-refractivity contribution is 14.0. The summed E-state index contributed by atoms with van der Waals surface area (Å²) in [6.45, 7) is 6.61. The third-order valence-electron chi connectivity index (χ3n) is 4.48. The van der Waals surface area contributed by atoms with E-state index in [0.29, 0.717) is 25.2 Å². The summed E-state index contributed by atoms with van der Waals surface area (Å²) in [7, 11) is 3.60. The molecule has 5 nitrogen and oxygen atoms in total. The van der Waals surface area contributed by atoms with E-state index < -0.39 is 0 Å². The van der Waals surface area contributed by atoms with Crippen LogP contribution in [0.25, 0.3) is 0 Å². The van der Waals surface area contributed by atoms with Crippen LogP contribution < -0.4 is 5.32 Å². The molecule has 1 saturated heterocycles. The SMILES string of the molecule is CCCC1CC1NC(=NC)N1CCC(COCCOC)C1.I. The van der Waals surface area contributed by atoms with Crippen LogP contribution in [-0.4, -0.2) is 64.0 Å². The predicted molar refractivity (Wildman–Crippen MR) is 101 cm³/mol. The molecule has 6 heteroatoms. The molecule has 0 aromatic carbocycles. The minimum atomic E-state index is 0. The average Bonchev–Trinajstić information content (AvgIpc) is 3.05. The van der Waals surface area contributed by atoms with Crippen molar-refractivity contribution in [3.8, 4) is 0 Å². The second-order valence-corrected chi connectivity index (χ2v) is 6.25. The molecular formula is C16H32IN3O2. The lowest BCUT2D eigenvalue weighted by Crippen LogP contribution is -2.41. The molecule has 2 rings (SSSR count). The Morgan fingerprint density at radius 2 is 2.18 bits per heavy atom. The van der Waals surface area contributed by atoms with Crippen molar-refractivity contribution in [3.63, 3.8) is 0 Å². The Morgan fingerprint density at radius 3 is 2.86 bits per heavy atom. The second kappa shape index (κ2) is 10.6. The third-order valence-corrected chi connectivity index (χ3v) is 4.48. The van der Waals surface area contributed by atoms with E-state index in [1.165, 1.54) is 25.7 Å². The van der Waals surface area contributed by atoms with E-state index >= 15 is 0 Å². The maximum absolute atomic E-state index is 5.65. The van der Waals surface area contributed by atoms with Gasteiger partial charge in [0.15, 0.2) is 5.96 Å². The van der Waals surface area contributed by atoms with Crippen molar-refractivity contribution in [2.24, 2.45) is 16.8 Å². The molecule has 0 aromatic heterocycles. The van der Waals surface area contributed by atoms with Crippen LogP contribution >= 0.6 is 24.0 Å². The first-order valence-corrected chi connectivity index (χ1v) is 8.33. The van der Waals surface area contributed by atoms with Gasteiger partial charge in [-0.2, -0.15) is 0 Å². The topological polar surface area (TPSA) is 46.1 Å². The average molecular weight is 425 g/mol. The van der Waals surface area contributed by atoms with Crippen LogP contribution in [0.15, 0.2) is 4.99 Å².